The van der Waals surface area contributed by atoms with Gasteiger partial charge in [0.1, 0.15) is 0 Å². The van der Waals surface area contributed by atoms with Crippen LogP contribution in [0.3, 0.4) is 0 Å². The number of methoxy groups -OCH3 is 2. The average Bonchev–Trinajstić information content (AvgIpc) is 3.55. The zero-order valence-corrected chi connectivity index (χ0v) is 32.5. The monoisotopic (exact) mass is 689 g/mol. The molecule has 0 aromatic heterocycles. The lowest BCUT2D eigenvalue weighted by Gasteiger charge is -2.42. The predicted molar refractivity (Wildman–Crippen MR) is 198 cm³/mol. The Labute approximate surface area is 297 Å². The van der Waals surface area contributed by atoms with Crippen LogP contribution in [-0.2, 0) is 30.3 Å². The van der Waals surface area contributed by atoms with E-state index in [1.165, 1.54) is 0 Å². The molecule has 0 saturated carbocycles. The molecule has 1 aliphatic heterocycles. The fraction of sp³-hybridized carbons (Fsp3) is 0.763. The second-order valence-electron chi connectivity index (χ2n) is 14.9. The molecule has 0 aliphatic carbocycles. The number of nitrogens with two attached hydrogens (primary N) is 2. The maximum atomic E-state index is 14.2. The number of carbonyl (C=O) groups is 3. The lowest BCUT2D eigenvalue weighted by molar-refractivity contribution is -0.149. The van der Waals surface area contributed by atoms with Crippen molar-refractivity contribution in [2.24, 2.45) is 29.4 Å². The van der Waals surface area contributed by atoms with Gasteiger partial charge in [-0.1, -0.05) is 53.2 Å². The topological polar surface area (TPSA) is 135 Å². The van der Waals surface area contributed by atoms with Gasteiger partial charge in [0.25, 0.3) is 0 Å². The maximum absolute atomic E-state index is 14.2. The molecule has 1 aromatic rings. The van der Waals surface area contributed by atoms with E-state index in [-0.39, 0.29) is 60.1 Å². The highest BCUT2D eigenvalue weighted by Gasteiger charge is 2.44. The maximum Gasteiger partial charge on any atom is 0.227 e. The summed E-state index contributed by atoms with van der Waals surface area (Å²) in [5.41, 5.74) is 14.4. The van der Waals surface area contributed by atoms with Crippen LogP contribution in [0.25, 0.3) is 0 Å². The van der Waals surface area contributed by atoms with Crippen LogP contribution in [0.1, 0.15) is 72.8 Å². The third kappa shape index (κ3) is 10.9. The van der Waals surface area contributed by atoms with Crippen LogP contribution in [0.5, 0.6) is 0 Å². The Kier molecular flexibility index (Phi) is 17.0. The molecular weight excluding hydrogens is 620 g/mol. The Morgan fingerprint density at radius 2 is 1.65 bits per heavy atom. The van der Waals surface area contributed by atoms with Gasteiger partial charge < -0.3 is 40.5 Å². The molecule has 0 bridgehead atoms. The summed E-state index contributed by atoms with van der Waals surface area (Å²) in [7, 11) is 10.8. The highest BCUT2D eigenvalue weighted by molar-refractivity contribution is 5.81. The van der Waals surface area contributed by atoms with Crippen LogP contribution in [0.2, 0.25) is 0 Å². The van der Waals surface area contributed by atoms with Crippen molar-refractivity contribution in [1.82, 2.24) is 19.6 Å². The molecule has 0 spiro atoms. The zero-order chi connectivity index (χ0) is 37.2. The standard InChI is InChI=1S/C38H68N6O5/c1-13-25(4)35(43(10)38(47)33(24(2)3)34(40)27(6)41(7)8)31(48-11)23-32(45)44-20-15-18-30(44)36(49-12)26(5)37(46)42(9)21-19-28-16-14-17-29(39)22-28/h14,16-17,22,24-27,30-31,33-36H,13,15,18-21,23,39-40H2,1-12H3/t25-,26+,27-,30-,31+,33-,34?,35-,36+/m0/s1. The van der Waals surface area contributed by atoms with Crippen molar-refractivity contribution in [3.63, 3.8) is 0 Å². The third-order valence-corrected chi connectivity index (χ3v) is 11.1. The number of rotatable bonds is 19. The van der Waals surface area contributed by atoms with Crippen molar-refractivity contribution in [3.8, 4) is 0 Å². The van der Waals surface area contributed by atoms with Crippen LogP contribution in [0.4, 0.5) is 5.69 Å². The molecule has 1 saturated heterocycles. The normalized spacial score (nSPS) is 20.0. The van der Waals surface area contributed by atoms with Crippen molar-refractivity contribution in [1.29, 1.82) is 0 Å². The number of hydrogen-bond acceptors (Lipinski definition) is 8. The van der Waals surface area contributed by atoms with E-state index in [1.54, 1.807) is 24.0 Å². The number of likely N-dealkylation sites (N-methyl/N-ethyl adjacent to an activating group) is 3. The Balaban J connectivity index is 2.24. The Morgan fingerprint density at radius 1 is 1.00 bits per heavy atom. The molecule has 3 amide bonds. The van der Waals surface area contributed by atoms with Gasteiger partial charge in [-0.3, -0.25) is 14.4 Å². The summed E-state index contributed by atoms with van der Waals surface area (Å²) in [6.45, 7) is 13.3. The third-order valence-electron chi connectivity index (χ3n) is 11.1. The van der Waals surface area contributed by atoms with Crippen molar-refractivity contribution in [2.75, 3.05) is 61.2 Å². The van der Waals surface area contributed by atoms with E-state index in [1.807, 2.05) is 90.0 Å². The first-order valence-electron chi connectivity index (χ1n) is 18.1. The van der Waals surface area contributed by atoms with Crippen LogP contribution in [0.15, 0.2) is 24.3 Å². The first kappa shape index (κ1) is 42.4. The van der Waals surface area contributed by atoms with Gasteiger partial charge in [0, 0.05) is 59.2 Å². The van der Waals surface area contributed by atoms with Crippen LogP contribution < -0.4 is 11.5 Å². The fourth-order valence-corrected chi connectivity index (χ4v) is 7.57. The van der Waals surface area contributed by atoms with Gasteiger partial charge in [-0.25, -0.2) is 0 Å². The van der Waals surface area contributed by atoms with Crippen LogP contribution >= 0.6 is 0 Å². The number of amides is 3. The van der Waals surface area contributed by atoms with Gasteiger partial charge in [0.05, 0.1) is 42.5 Å². The molecule has 11 nitrogen and oxygen atoms in total. The highest BCUT2D eigenvalue weighted by atomic mass is 16.5. The molecule has 2 rings (SSSR count). The smallest absolute Gasteiger partial charge is 0.227 e. The van der Waals surface area contributed by atoms with Crippen molar-refractivity contribution in [3.05, 3.63) is 29.8 Å². The van der Waals surface area contributed by atoms with E-state index in [0.29, 0.717) is 25.2 Å². The summed E-state index contributed by atoms with van der Waals surface area (Å²) in [5.74, 6) is -0.849. The molecule has 1 unspecified atom stereocenters. The zero-order valence-electron chi connectivity index (χ0n) is 32.5. The summed E-state index contributed by atoms with van der Waals surface area (Å²) < 4.78 is 12.0. The first-order valence-corrected chi connectivity index (χ1v) is 18.1. The van der Waals surface area contributed by atoms with Gasteiger partial charge in [0.2, 0.25) is 17.7 Å². The number of carbonyl (C=O) groups excluding carboxylic acids is 3. The lowest BCUT2D eigenvalue weighted by atomic mass is 9.82. The summed E-state index contributed by atoms with van der Waals surface area (Å²) in [4.78, 5) is 49.4. The quantitative estimate of drug-likeness (QED) is 0.210. The molecule has 4 N–H and O–H groups in total. The van der Waals surface area contributed by atoms with Gasteiger partial charge in [-0.05, 0) is 69.8 Å². The molecular formula is C38H68N6O5. The van der Waals surface area contributed by atoms with Crippen molar-refractivity contribution in [2.45, 2.75) is 110 Å². The summed E-state index contributed by atoms with van der Waals surface area (Å²) in [5, 5.41) is 0. The minimum Gasteiger partial charge on any atom is -0.399 e. The Hall–Kier alpha value is -2.73. The molecule has 1 aromatic carbocycles. The van der Waals surface area contributed by atoms with E-state index in [9.17, 15) is 14.4 Å². The van der Waals surface area contributed by atoms with E-state index in [4.69, 9.17) is 20.9 Å². The molecule has 280 valence electrons. The molecule has 11 heteroatoms. The molecule has 49 heavy (non-hydrogen) atoms. The minimum absolute atomic E-state index is 0.00437. The minimum atomic E-state index is -0.522. The summed E-state index contributed by atoms with van der Waals surface area (Å²) in [6, 6.07) is 6.78. The largest absolute Gasteiger partial charge is 0.399 e. The highest BCUT2D eigenvalue weighted by Crippen LogP contribution is 2.31. The number of anilines is 1. The fourth-order valence-electron chi connectivity index (χ4n) is 7.57. The molecule has 1 fully saturated rings. The first-order chi connectivity index (χ1) is 23.0. The van der Waals surface area contributed by atoms with Crippen LogP contribution in [-0.4, -0.2) is 129 Å². The Morgan fingerprint density at radius 3 is 2.18 bits per heavy atom. The Bertz CT molecular complexity index is 1200. The van der Waals surface area contributed by atoms with Gasteiger partial charge in [-0.15, -0.1) is 0 Å². The molecule has 9 atom stereocenters. The number of hydrogen-bond donors (Lipinski definition) is 2. The summed E-state index contributed by atoms with van der Waals surface area (Å²) >= 11 is 0. The second kappa shape index (κ2) is 19.6. The summed E-state index contributed by atoms with van der Waals surface area (Å²) in [6.07, 6.45) is 2.21. The van der Waals surface area contributed by atoms with Crippen molar-refractivity contribution >= 4 is 23.4 Å². The lowest BCUT2D eigenvalue weighted by Crippen LogP contribution is -2.58. The van der Waals surface area contributed by atoms with Gasteiger partial charge in [-0.2, -0.15) is 0 Å². The molecule has 0 radical (unpaired) electrons. The second-order valence-corrected chi connectivity index (χ2v) is 14.9. The predicted octanol–water partition coefficient (Wildman–Crippen LogP) is 3.74. The SMILES string of the molecule is CC[C@H](C)[C@@H]([C@@H](CC(=O)N1CCC[C@H]1[C@H](OC)[C@@H](C)C(=O)N(C)CCc1cccc(N)c1)OC)N(C)C(=O)[C@@H](C(C)C)C(N)[C@H](C)N(C)C. The van der Waals surface area contributed by atoms with Gasteiger partial charge >= 0.3 is 0 Å². The van der Waals surface area contributed by atoms with E-state index in [2.05, 4.69) is 13.8 Å². The van der Waals surface area contributed by atoms with E-state index in [0.717, 1.165) is 24.8 Å². The molecule has 1 heterocycles. The number of ether oxygens (including phenoxy) is 2. The molecule has 1 aliphatic rings. The number of benzene rings is 1. The number of likely N-dealkylation sites (tertiary alicyclic amines) is 1. The van der Waals surface area contributed by atoms with Crippen LogP contribution in [0, 0.1) is 23.7 Å². The van der Waals surface area contributed by atoms with E-state index < -0.39 is 24.0 Å². The number of nitrogen functional groups attached to an aromatic ring is 1. The van der Waals surface area contributed by atoms with Crippen molar-refractivity contribution < 1.29 is 23.9 Å². The average molecular weight is 689 g/mol. The van der Waals surface area contributed by atoms with Gasteiger partial charge in [0.15, 0.2) is 0 Å². The van der Waals surface area contributed by atoms with E-state index >= 15 is 0 Å². The number of nitrogens with zero attached hydrogens (tertiary/aromatic N) is 4.